The van der Waals surface area contributed by atoms with Crippen molar-refractivity contribution in [3.8, 4) is 0 Å². The number of nitrogens with one attached hydrogen (secondary N) is 1. The maximum atomic E-state index is 14.2. The minimum atomic E-state index is -3.39. The fourth-order valence-corrected chi connectivity index (χ4v) is 3.80. The van der Waals surface area contributed by atoms with Gasteiger partial charge in [0.05, 0.1) is 18.0 Å². The lowest BCUT2D eigenvalue weighted by atomic mass is 10.2. The predicted molar refractivity (Wildman–Crippen MR) is 90.3 cm³/mol. The zero-order chi connectivity index (χ0) is 17.0. The largest absolute Gasteiger partial charge is 0.370 e. The molecule has 0 spiro atoms. The quantitative estimate of drug-likeness (QED) is 0.481. The SMILES string of the molecule is C=C(C)CNC(N)=NCc1ccc(N2CCCS2(=O)=O)c(F)c1. The van der Waals surface area contributed by atoms with E-state index in [2.05, 4.69) is 16.9 Å². The number of rotatable bonds is 5. The van der Waals surface area contributed by atoms with Crippen LogP contribution >= 0.6 is 0 Å². The molecule has 1 aliphatic heterocycles. The van der Waals surface area contributed by atoms with E-state index < -0.39 is 15.8 Å². The third-order valence-electron chi connectivity index (χ3n) is 3.38. The van der Waals surface area contributed by atoms with E-state index in [1.54, 1.807) is 6.07 Å². The number of halogens is 1. The highest BCUT2D eigenvalue weighted by Crippen LogP contribution is 2.27. The third-order valence-corrected chi connectivity index (χ3v) is 5.24. The lowest BCUT2D eigenvalue weighted by Crippen LogP contribution is -2.32. The van der Waals surface area contributed by atoms with Crippen molar-refractivity contribution in [2.45, 2.75) is 19.9 Å². The molecule has 1 saturated heterocycles. The van der Waals surface area contributed by atoms with Crippen LogP contribution in [0.25, 0.3) is 0 Å². The summed E-state index contributed by atoms with van der Waals surface area (Å²) in [5, 5.41) is 2.88. The van der Waals surface area contributed by atoms with Gasteiger partial charge in [-0.15, -0.1) is 0 Å². The highest BCUT2D eigenvalue weighted by atomic mass is 32.2. The van der Waals surface area contributed by atoms with Crippen LogP contribution in [0.15, 0.2) is 35.3 Å². The Kier molecular flexibility index (Phi) is 5.25. The predicted octanol–water partition coefficient (Wildman–Crippen LogP) is 1.35. The summed E-state index contributed by atoms with van der Waals surface area (Å²) in [4.78, 5) is 4.11. The topological polar surface area (TPSA) is 87.8 Å². The summed E-state index contributed by atoms with van der Waals surface area (Å²) in [5.74, 6) is -0.264. The van der Waals surface area contributed by atoms with E-state index in [1.165, 1.54) is 12.1 Å². The number of sulfonamides is 1. The van der Waals surface area contributed by atoms with E-state index in [4.69, 9.17) is 5.73 Å². The molecule has 1 aliphatic rings. The Balaban J connectivity index is 2.08. The van der Waals surface area contributed by atoms with E-state index in [0.29, 0.717) is 25.1 Å². The molecule has 1 heterocycles. The summed E-state index contributed by atoms with van der Waals surface area (Å²) in [7, 11) is -3.39. The van der Waals surface area contributed by atoms with Crippen LogP contribution in [0.3, 0.4) is 0 Å². The molecule has 8 heteroatoms. The Morgan fingerprint density at radius 2 is 2.26 bits per heavy atom. The number of hydrogen-bond donors (Lipinski definition) is 2. The first kappa shape index (κ1) is 17.3. The maximum absolute atomic E-state index is 14.2. The minimum absolute atomic E-state index is 0.0589. The number of benzene rings is 1. The number of hydrogen-bond acceptors (Lipinski definition) is 3. The van der Waals surface area contributed by atoms with Crippen molar-refractivity contribution in [3.63, 3.8) is 0 Å². The van der Waals surface area contributed by atoms with Gasteiger partial charge in [0.1, 0.15) is 5.82 Å². The van der Waals surface area contributed by atoms with Crippen molar-refractivity contribution in [1.29, 1.82) is 0 Å². The first-order valence-corrected chi connectivity index (χ1v) is 8.87. The maximum Gasteiger partial charge on any atom is 0.235 e. The Bertz CT molecular complexity index is 731. The Morgan fingerprint density at radius 1 is 1.52 bits per heavy atom. The molecule has 0 atom stereocenters. The zero-order valence-corrected chi connectivity index (χ0v) is 13.9. The molecule has 23 heavy (non-hydrogen) atoms. The molecule has 126 valence electrons. The molecule has 1 aromatic carbocycles. The average Bonchev–Trinajstić information content (AvgIpc) is 2.82. The number of anilines is 1. The molecular formula is C15H21FN4O2S. The van der Waals surface area contributed by atoms with Crippen LogP contribution in [0.1, 0.15) is 18.9 Å². The third kappa shape index (κ3) is 4.44. The Hall–Kier alpha value is -2.09. The summed E-state index contributed by atoms with van der Waals surface area (Å²) in [6.45, 7) is 6.65. The normalized spacial score (nSPS) is 17.3. The molecular weight excluding hydrogens is 319 g/mol. The summed E-state index contributed by atoms with van der Waals surface area (Å²) in [6, 6.07) is 4.42. The van der Waals surface area contributed by atoms with Crippen molar-refractivity contribution in [2.75, 3.05) is 23.1 Å². The molecule has 0 aromatic heterocycles. The van der Waals surface area contributed by atoms with E-state index in [0.717, 1.165) is 9.88 Å². The van der Waals surface area contributed by atoms with Crippen LogP contribution in [0.2, 0.25) is 0 Å². The van der Waals surface area contributed by atoms with Crippen LogP contribution in [-0.2, 0) is 16.6 Å². The second kappa shape index (κ2) is 6.99. The van der Waals surface area contributed by atoms with Gasteiger partial charge >= 0.3 is 0 Å². The van der Waals surface area contributed by atoms with Crippen LogP contribution in [0.4, 0.5) is 10.1 Å². The van der Waals surface area contributed by atoms with Crippen LogP contribution in [0.5, 0.6) is 0 Å². The van der Waals surface area contributed by atoms with E-state index in [-0.39, 0.29) is 23.9 Å². The zero-order valence-electron chi connectivity index (χ0n) is 13.0. The molecule has 6 nitrogen and oxygen atoms in total. The molecule has 0 amide bonds. The van der Waals surface area contributed by atoms with Gasteiger partial charge in [0, 0.05) is 13.1 Å². The fourth-order valence-electron chi connectivity index (χ4n) is 2.23. The van der Waals surface area contributed by atoms with Crippen LogP contribution < -0.4 is 15.4 Å². The van der Waals surface area contributed by atoms with E-state index >= 15 is 0 Å². The first-order valence-electron chi connectivity index (χ1n) is 7.26. The van der Waals surface area contributed by atoms with Crippen molar-refractivity contribution >= 4 is 21.7 Å². The van der Waals surface area contributed by atoms with Crippen molar-refractivity contribution in [3.05, 3.63) is 41.7 Å². The van der Waals surface area contributed by atoms with Crippen molar-refractivity contribution in [2.24, 2.45) is 10.7 Å². The van der Waals surface area contributed by atoms with Gasteiger partial charge in [-0.05, 0) is 31.0 Å². The first-order chi connectivity index (χ1) is 10.8. The van der Waals surface area contributed by atoms with Gasteiger partial charge < -0.3 is 11.1 Å². The number of nitrogens with zero attached hydrogens (tertiary/aromatic N) is 2. The molecule has 0 saturated carbocycles. The van der Waals surface area contributed by atoms with E-state index in [9.17, 15) is 12.8 Å². The molecule has 0 radical (unpaired) electrons. The van der Waals surface area contributed by atoms with Gasteiger partial charge in [-0.2, -0.15) is 0 Å². The van der Waals surface area contributed by atoms with Gasteiger partial charge in [0.15, 0.2) is 5.96 Å². The van der Waals surface area contributed by atoms with Gasteiger partial charge in [-0.25, -0.2) is 17.8 Å². The molecule has 0 bridgehead atoms. The minimum Gasteiger partial charge on any atom is -0.370 e. The average molecular weight is 340 g/mol. The molecule has 2 rings (SSSR count). The standard InChI is InChI=1S/C15H21FN4O2S/c1-11(2)9-18-15(17)19-10-12-4-5-14(13(16)8-12)20-6-3-7-23(20,21)22/h4-5,8H,1,3,6-7,9-10H2,2H3,(H3,17,18,19). The van der Waals surface area contributed by atoms with Crippen molar-refractivity contribution < 1.29 is 12.8 Å². The van der Waals surface area contributed by atoms with Crippen molar-refractivity contribution in [1.82, 2.24) is 5.32 Å². The van der Waals surface area contributed by atoms with Gasteiger partial charge in [-0.1, -0.05) is 18.2 Å². The second-order valence-corrected chi connectivity index (χ2v) is 7.55. The highest BCUT2D eigenvalue weighted by Gasteiger charge is 2.30. The van der Waals surface area contributed by atoms with Crippen LogP contribution in [-0.4, -0.2) is 33.2 Å². The number of aliphatic imine (C=N–C) groups is 1. The summed E-state index contributed by atoms with van der Waals surface area (Å²) < 4.78 is 39.0. The number of guanidine groups is 1. The summed E-state index contributed by atoms with van der Waals surface area (Å²) in [5.41, 5.74) is 7.31. The molecule has 0 aliphatic carbocycles. The lowest BCUT2D eigenvalue weighted by molar-refractivity contribution is 0.594. The monoisotopic (exact) mass is 340 g/mol. The van der Waals surface area contributed by atoms with Gasteiger partial charge in [-0.3, -0.25) is 4.31 Å². The van der Waals surface area contributed by atoms with Gasteiger partial charge in [0.2, 0.25) is 10.0 Å². The molecule has 0 unspecified atom stereocenters. The van der Waals surface area contributed by atoms with Gasteiger partial charge in [0.25, 0.3) is 0 Å². The molecule has 1 fully saturated rings. The Morgan fingerprint density at radius 3 is 2.83 bits per heavy atom. The smallest absolute Gasteiger partial charge is 0.235 e. The second-order valence-electron chi connectivity index (χ2n) is 5.54. The number of nitrogens with two attached hydrogens (primary N) is 1. The van der Waals surface area contributed by atoms with E-state index in [1.807, 2.05) is 6.92 Å². The molecule has 1 aromatic rings. The highest BCUT2D eigenvalue weighted by molar-refractivity contribution is 7.93. The lowest BCUT2D eigenvalue weighted by Gasteiger charge is -2.17. The summed E-state index contributed by atoms with van der Waals surface area (Å²) >= 11 is 0. The van der Waals surface area contributed by atoms with Crippen LogP contribution in [0, 0.1) is 5.82 Å². The molecule has 3 N–H and O–H groups in total. The Labute approximate surface area is 135 Å². The summed E-state index contributed by atoms with van der Waals surface area (Å²) in [6.07, 6.45) is 0.513. The fraction of sp³-hybridized carbons (Fsp3) is 0.400.